The molecule has 1 amide bonds. The maximum Gasteiger partial charge on any atom is 0.228 e. The Hall–Kier alpha value is -2.33. The van der Waals surface area contributed by atoms with Crippen LogP contribution in [-0.2, 0) is 22.7 Å². The van der Waals surface area contributed by atoms with Gasteiger partial charge in [0.25, 0.3) is 0 Å². The van der Waals surface area contributed by atoms with Gasteiger partial charge in [0, 0.05) is 12.6 Å². The predicted octanol–water partition coefficient (Wildman–Crippen LogP) is 3.40. The summed E-state index contributed by atoms with van der Waals surface area (Å²) < 4.78 is 11.2. The van der Waals surface area contributed by atoms with E-state index >= 15 is 0 Å². The van der Waals surface area contributed by atoms with E-state index in [9.17, 15) is 4.79 Å². The minimum atomic E-state index is 0.0203. The number of amides is 1. The number of hydrogen-bond donors (Lipinski definition) is 0. The van der Waals surface area contributed by atoms with Gasteiger partial charge in [0.05, 0.1) is 25.7 Å². The first kappa shape index (κ1) is 16.2. The third-order valence-corrected chi connectivity index (χ3v) is 5.34. The lowest BCUT2D eigenvalue weighted by Gasteiger charge is -2.31. The number of methoxy groups -OCH3 is 1. The van der Waals surface area contributed by atoms with Gasteiger partial charge in [-0.25, -0.2) is 0 Å². The molecule has 0 aromatic heterocycles. The molecule has 4 nitrogen and oxygen atoms in total. The largest absolute Gasteiger partial charge is 0.497 e. The minimum Gasteiger partial charge on any atom is -0.497 e. The number of rotatable bonds is 6. The molecule has 4 rings (SSSR count). The first-order valence-corrected chi connectivity index (χ1v) is 8.83. The van der Waals surface area contributed by atoms with Crippen LogP contribution in [-0.4, -0.2) is 30.1 Å². The predicted molar refractivity (Wildman–Crippen MR) is 95.1 cm³/mol. The van der Waals surface area contributed by atoms with E-state index < -0.39 is 0 Å². The summed E-state index contributed by atoms with van der Waals surface area (Å²) in [6, 6.07) is 18.4. The van der Waals surface area contributed by atoms with Gasteiger partial charge >= 0.3 is 0 Å². The van der Waals surface area contributed by atoms with Crippen LogP contribution < -0.4 is 4.74 Å². The van der Waals surface area contributed by atoms with Crippen molar-refractivity contribution < 1.29 is 14.3 Å². The van der Waals surface area contributed by atoms with Gasteiger partial charge in [-0.1, -0.05) is 42.5 Å². The third kappa shape index (κ3) is 3.27. The molecule has 2 fully saturated rings. The summed E-state index contributed by atoms with van der Waals surface area (Å²) >= 11 is 0. The number of ether oxygens (including phenoxy) is 2. The van der Waals surface area contributed by atoms with Gasteiger partial charge in [0.2, 0.25) is 5.91 Å². The first-order valence-electron chi connectivity index (χ1n) is 8.83. The minimum absolute atomic E-state index is 0.0203. The molecule has 1 saturated heterocycles. The first-order chi connectivity index (χ1) is 12.2. The summed E-state index contributed by atoms with van der Waals surface area (Å²) in [5.41, 5.74) is 2.30. The lowest BCUT2D eigenvalue weighted by molar-refractivity contribution is -0.141. The number of piperidine rings is 1. The van der Waals surface area contributed by atoms with Crippen LogP contribution in [0.3, 0.4) is 0 Å². The SMILES string of the molecule is COc1ccc(CN2C(=O)[C@@H]3C[C@H]2C[C@H]3OCc2ccccc2)cc1. The number of carbonyl (C=O) groups excluding carboxylic acids is 1. The Kier molecular flexibility index (Phi) is 4.45. The van der Waals surface area contributed by atoms with Gasteiger partial charge in [-0.15, -0.1) is 0 Å². The average molecular weight is 337 g/mol. The van der Waals surface area contributed by atoms with Gasteiger partial charge in [-0.05, 0) is 36.1 Å². The molecular weight excluding hydrogens is 314 g/mol. The van der Waals surface area contributed by atoms with Crippen LogP contribution in [0.15, 0.2) is 54.6 Å². The molecular formula is C21H23NO3. The van der Waals surface area contributed by atoms with E-state index in [-0.39, 0.29) is 17.9 Å². The van der Waals surface area contributed by atoms with Crippen LogP contribution in [0.1, 0.15) is 24.0 Å². The lowest BCUT2D eigenvalue weighted by atomic mass is 10.0. The second-order valence-corrected chi connectivity index (χ2v) is 6.88. The van der Waals surface area contributed by atoms with Crippen molar-refractivity contribution in [2.75, 3.05) is 7.11 Å². The lowest BCUT2D eigenvalue weighted by Crippen LogP contribution is -2.42. The molecule has 0 spiro atoms. The Labute approximate surface area is 148 Å². The quantitative estimate of drug-likeness (QED) is 0.811. The molecule has 2 aliphatic rings. The molecule has 130 valence electrons. The van der Waals surface area contributed by atoms with Crippen molar-refractivity contribution in [2.45, 2.75) is 38.1 Å². The van der Waals surface area contributed by atoms with Crippen LogP contribution in [0.5, 0.6) is 5.75 Å². The van der Waals surface area contributed by atoms with Gasteiger partial charge < -0.3 is 14.4 Å². The molecule has 0 unspecified atom stereocenters. The molecule has 0 radical (unpaired) electrons. The Morgan fingerprint density at radius 3 is 2.44 bits per heavy atom. The van der Waals surface area contributed by atoms with Gasteiger partial charge in [-0.3, -0.25) is 4.79 Å². The van der Waals surface area contributed by atoms with Crippen molar-refractivity contribution in [1.29, 1.82) is 0 Å². The smallest absolute Gasteiger partial charge is 0.228 e. The molecule has 2 aromatic rings. The van der Waals surface area contributed by atoms with E-state index in [0.29, 0.717) is 19.2 Å². The van der Waals surface area contributed by atoms with Crippen molar-refractivity contribution >= 4 is 5.91 Å². The molecule has 3 atom stereocenters. The molecule has 4 heteroatoms. The van der Waals surface area contributed by atoms with Crippen LogP contribution in [0.25, 0.3) is 0 Å². The summed E-state index contributed by atoms with van der Waals surface area (Å²) in [4.78, 5) is 14.8. The monoisotopic (exact) mass is 337 g/mol. The highest BCUT2D eigenvalue weighted by atomic mass is 16.5. The standard InChI is InChI=1S/C21H23NO3/c1-24-18-9-7-15(8-10-18)13-22-17-11-19(21(22)23)20(12-17)25-14-16-5-3-2-4-6-16/h2-10,17,19-20H,11-14H2,1H3/t17-,19+,20+/m0/s1. The maximum absolute atomic E-state index is 12.7. The fraction of sp³-hybridized carbons (Fsp3) is 0.381. The normalized spacial score (nSPS) is 24.8. The molecule has 2 bridgehead atoms. The Morgan fingerprint density at radius 2 is 1.76 bits per heavy atom. The second kappa shape index (κ2) is 6.89. The fourth-order valence-corrected chi connectivity index (χ4v) is 3.98. The van der Waals surface area contributed by atoms with E-state index in [1.54, 1.807) is 7.11 Å². The Bertz CT molecular complexity index is 729. The van der Waals surface area contributed by atoms with Crippen molar-refractivity contribution in [1.82, 2.24) is 4.90 Å². The zero-order valence-corrected chi connectivity index (χ0v) is 14.4. The molecule has 1 aliphatic heterocycles. The zero-order chi connectivity index (χ0) is 17.2. The molecule has 1 heterocycles. The molecule has 2 aromatic carbocycles. The maximum atomic E-state index is 12.7. The number of carbonyl (C=O) groups is 1. The molecule has 1 aliphatic carbocycles. The van der Waals surface area contributed by atoms with Crippen LogP contribution in [0.4, 0.5) is 0 Å². The van der Waals surface area contributed by atoms with Crippen LogP contribution >= 0.6 is 0 Å². The van der Waals surface area contributed by atoms with E-state index in [1.165, 1.54) is 0 Å². The van der Waals surface area contributed by atoms with Crippen molar-refractivity contribution in [3.8, 4) is 5.75 Å². The van der Waals surface area contributed by atoms with E-state index in [4.69, 9.17) is 9.47 Å². The van der Waals surface area contributed by atoms with E-state index in [1.807, 2.05) is 47.4 Å². The second-order valence-electron chi connectivity index (χ2n) is 6.88. The Balaban J connectivity index is 1.35. The van der Waals surface area contributed by atoms with Gasteiger partial charge in [0.1, 0.15) is 5.75 Å². The van der Waals surface area contributed by atoms with Crippen LogP contribution in [0, 0.1) is 5.92 Å². The number of hydrogen-bond acceptors (Lipinski definition) is 3. The van der Waals surface area contributed by atoms with Crippen molar-refractivity contribution in [3.63, 3.8) is 0 Å². The molecule has 1 saturated carbocycles. The molecule has 0 N–H and O–H groups in total. The van der Waals surface area contributed by atoms with Crippen molar-refractivity contribution in [3.05, 3.63) is 65.7 Å². The number of fused-ring (bicyclic) bond motifs is 2. The zero-order valence-electron chi connectivity index (χ0n) is 14.4. The average Bonchev–Trinajstić information content (AvgIpc) is 3.21. The highest BCUT2D eigenvalue weighted by Crippen LogP contribution is 2.41. The number of benzene rings is 2. The highest BCUT2D eigenvalue weighted by Gasteiger charge is 2.51. The van der Waals surface area contributed by atoms with Gasteiger partial charge in [-0.2, -0.15) is 0 Å². The van der Waals surface area contributed by atoms with Crippen LogP contribution in [0.2, 0.25) is 0 Å². The van der Waals surface area contributed by atoms with E-state index in [2.05, 4.69) is 12.1 Å². The third-order valence-electron chi connectivity index (χ3n) is 5.34. The topological polar surface area (TPSA) is 38.8 Å². The fourth-order valence-electron chi connectivity index (χ4n) is 3.98. The summed E-state index contributed by atoms with van der Waals surface area (Å²) in [6.07, 6.45) is 1.93. The van der Waals surface area contributed by atoms with Gasteiger partial charge in [0.15, 0.2) is 0 Å². The summed E-state index contributed by atoms with van der Waals surface area (Å²) in [5, 5.41) is 0. The number of nitrogens with zero attached hydrogens (tertiary/aromatic N) is 1. The highest BCUT2D eigenvalue weighted by molar-refractivity contribution is 5.83. The summed E-state index contributed by atoms with van der Waals surface area (Å²) in [5.74, 6) is 1.10. The summed E-state index contributed by atoms with van der Waals surface area (Å²) in [7, 11) is 1.66. The van der Waals surface area contributed by atoms with Crippen molar-refractivity contribution in [2.24, 2.45) is 5.92 Å². The Morgan fingerprint density at radius 1 is 1.00 bits per heavy atom. The molecule has 25 heavy (non-hydrogen) atoms. The van der Waals surface area contributed by atoms with E-state index in [0.717, 1.165) is 29.7 Å². The number of likely N-dealkylation sites (tertiary alicyclic amines) is 1. The summed E-state index contributed by atoms with van der Waals surface area (Å²) in [6.45, 7) is 1.26.